The Morgan fingerprint density at radius 2 is 0.897 bits per heavy atom. The van der Waals surface area contributed by atoms with Gasteiger partial charge in [-0.15, -0.1) is 0 Å². The summed E-state index contributed by atoms with van der Waals surface area (Å²) in [5, 5.41) is 0. The maximum absolute atomic E-state index is 14.0. The fourth-order valence-electron chi connectivity index (χ4n) is 3.09. The van der Waals surface area contributed by atoms with Crippen molar-refractivity contribution < 1.29 is 68.0 Å². The molecule has 0 N–H and O–H groups in total. The SMILES string of the molecule is CCCC[N+](CCCC)(CCCC)CCC(F)(F)C(F)(F)C(F)(F)C(F)(F)F.[I-]. The number of hydrogen-bond donors (Lipinski definition) is 0. The number of halogens is 10. The first-order chi connectivity index (χ1) is 12.6. The van der Waals surface area contributed by atoms with E-state index in [4.69, 9.17) is 0 Å². The van der Waals surface area contributed by atoms with Gasteiger partial charge in [0, 0.05) is 0 Å². The Bertz CT molecular complexity index is 429. The third kappa shape index (κ3) is 7.92. The fourth-order valence-corrected chi connectivity index (χ4v) is 3.09. The Morgan fingerprint density at radius 3 is 1.17 bits per heavy atom. The van der Waals surface area contributed by atoms with Crippen molar-refractivity contribution in [3.05, 3.63) is 0 Å². The minimum atomic E-state index is -6.81. The number of hydrogen-bond acceptors (Lipinski definition) is 0. The van der Waals surface area contributed by atoms with E-state index >= 15 is 0 Å². The van der Waals surface area contributed by atoms with Crippen LogP contribution in [-0.4, -0.2) is 54.6 Å². The molecule has 0 atom stereocenters. The zero-order valence-electron chi connectivity index (χ0n) is 17.0. The Kier molecular flexibility index (Phi) is 13.1. The predicted molar refractivity (Wildman–Crippen MR) is 90.0 cm³/mol. The Morgan fingerprint density at radius 1 is 0.552 bits per heavy atom. The van der Waals surface area contributed by atoms with Crippen molar-refractivity contribution in [3.8, 4) is 0 Å². The summed E-state index contributed by atoms with van der Waals surface area (Å²) >= 11 is 0. The van der Waals surface area contributed by atoms with Gasteiger partial charge in [-0.05, 0) is 19.3 Å². The first-order valence-electron chi connectivity index (χ1n) is 9.69. The summed E-state index contributed by atoms with van der Waals surface area (Å²) in [6, 6.07) is 0. The Hall–Kier alpha value is 0.0600. The lowest BCUT2D eigenvalue weighted by atomic mass is 9.99. The highest BCUT2D eigenvalue weighted by atomic mass is 127. The van der Waals surface area contributed by atoms with Crippen molar-refractivity contribution in [1.82, 2.24) is 0 Å². The normalized spacial score (nSPS) is 14.1. The minimum absolute atomic E-state index is 0. The predicted octanol–water partition coefficient (Wildman–Crippen LogP) is 4.07. The van der Waals surface area contributed by atoms with Gasteiger partial charge in [0.25, 0.3) is 0 Å². The zero-order valence-corrected chi connectivity index (χ0v) is 19.2. The Balaban J connectivity index is 0. The fraction of sp³-hybridized carbons (Fsp3) is 1.00. The molecule has 0 aromatic carbocycles. The van der Waals surface area contributed by atoms with Crippen LogP contribution in [0.1, 0.15) is 65.7 Å². The molecule has 0 bridgehead atoms. The number of alkyl halides is 9. The van der Waals surface area contributed by atoms with E-state index < -0.39 is 36.9 Å². The van der Waals surface area contributed by atoms with E-state index in [2.05, 4.69) is 0 Å². The lowest BCUT2D eigenvalue weighted by molar-refractivity contribution is -0.930. The summed E-state index contributed by atoms with van der Waals surface area (Å²) in [5.74, 6) is -18.8. The first kappa shape index (κ1) is 31.2. The molecule has 0 rings (SSSR count). The maximum Gasteiger partial charge on any atom is 0.460 e. The van der Waals surface area contributed by atoms with Crippen LogP contribution in [-0.2, 0) is 0 Å². The van der Waals surface area contributed by atoms with Gasteiger partial charge in [0.05, 0.1) is 32.6 Å². The maximum atomic E-state index is 14.0. The van der Waals surface area contributed by atoms with E-state index in [9.17, 15) is 39.5 Å². The van der Waals surface area contributed by atoms with Gasteiger partial charge in [0.15, 0.2) is 0 Å². The van der Waals surface area contributed by atoms with Crippen LogP contribution >= 0.6 is 0 Å². The molecule has 178 valence electrons. The van der Waals surface area contributed by atoms with Gasteiger partial charge < -0.3 is 28.5 Å². The molecular weight excluding hydrogens is 528 g/mol. The molecule has 0 aromatic rings. The van der Waals surface area contributed by atoms with Crippen molar-refractivity contribution >= 4 is 0 Å². The number of nitrogens with zero attached hydrogens (tertiary/aromatic N) is 1. The second kappa shape index (κ2) is 12.2. The number of rotatable bonds is 14. The van der Waals surface area contributed by atoms with Gasteiger partial charge in [0.2, 0.25) is 0 Å². The van der Waals surface area contributed by atoms with E-state index in [1.54, 1.807) is 0 Å². The van der Waals surface area contributed by atoms with Crippen LogP contribution in [0.15, 0.2) is 0 Å². The molecule has 0 heterocycles. The molecule has 0 aliphatic carbocycles. The van der Waals surface area contributed by atoms with Crippen molar-refractivity contribution in [3.63, 3.8) is 0 Å². The van der Waals surface area contributed by atoms with Gasteiger partial charge in [-0.1, -0.05) is 40.0 Å². The van der Waals surface area contributed by atoms with Crippen LogP contribution in [0.3, 0.4) is 0 Å². The minimum Gasteiger partial charge on any atom is -1.00 e. The summed E-state index contributed by atoms with van der Waals surface area (Å²) < 4.78 is 118. The molecule has 0 aliphatic rings. The summed E-state index contributed by atoms with van der Waals surface area (Å²) in [5.41, 5.74) is 0. The molecule has 0 saturated heterocycles. The molecule has 0 saturated carbocycles. The van der Waals surface area contributed by atoms with E-state index in [1.807, 2.05) is 20.8 Å². The molecule has 1 nitrogen and oxygen atoms in total. The van der Waals surface area contributed by atoms with Gasteiger partial charge in [-0.2, -0.15) is 39.5 Å². The highest BCUT2D eigenvalue weighted by Gasteiger charge is 2.81. The molecule has 0 aliphatic heterocycles. The highest BCUT2D eigenvalue weighted by molar-refractivity contribution is 5.00. The van der Waals surface area contributed by atoms with E-state index in [0.717, 1.165) is 19.3 Å². The Labute approximate surface area is 184 Å². The van der Waals surface area contributed by atoms with Gasteiger partial charge in [-0.3, -0.25) is 0 Å². The van der Waals surface area contributed by atoms with Crippen molar-refractivity contribution in [2.75, 3.05) is 26.2 Å². The third-order valence-corrected chi connectivity index (χ3v) is 5.07. The molecule has 0 spiro atoms. The van der Waals surface area contributed by atoms with Crippen LogP contribution < -0.4 is 24.0 Å². The van der Waals surface area contributed by atoms with Crippen LogP contribution in [0.5, 0.6) is 0 Å². The number of quaternary nitrogens is 1. The summed E-state index contributed by atoms with van der Waals surface area (Å²) in [6.45, 7) is 6.20. The smallest absolute Gasteiger partial charge is 0.460 e. The average Bonchev–Trinajstić information content (AvgIpc) is 2.59. The van der Waals surface area contributed by atoms with Crippen LogP contribution in [0, 0.1) is 0 Å². The molecule has 11 heteroatoms. The lowest BCUT2D eigenvalue weighted by Crippen LogP contribution is -3.00. The second-order valence-corrected chi connectivity index (χ2v) is 7.40. The van der Waals surface area contributed by atoms with E-state index in [1.165, 1.54) is 0 Å². The van der Waals surface area contributed by atoms with Gasteiger partial charge >= 0.3 is 23.9 Å². The highest BCUT2D eigenvalue weighted by Crippen LogP contribution is 2.54. The van der Waals surface area contributed by atoms with Crippen LogP contribution in [0.2, 0.25) is 0 Å². The monoisotopic (exact) mass is 559 g/mol. The zero-order chi connectivity index (χ0) is 22.3. The van der Waals surface area contributed by atoms with E-state index in [-0.39, 0.29) is 28.5 Å². The lowest BCUT2D eigenvalue weighted by Gasteiger charge is -2.41. The summed E-state index contributed by atoms with van der Waals surface area (Å²) in [4.78, 5) is 0. The van der Waals surface area contributed by atoms with Crippen molar-refractivity contribution in [2.24, 2.45) is 0 Å². The molecule has 0 amide bonds. The first-order valence-corrected chi connectivity index (χ1v) is 9.69. The summed E-state index contributed by atoms with van der Waals surface area (Å²) in [6.07, 6.45) is -4.48. The molecular formula is C18H31F9IN. The average molecular weight is 559 g/mol. The van der Waals surface area contributed by atoms with Crippen molar-refractivity contribution in [2.45, 2.75) is 89.7 Å². The quantitative estimate of drug-likeness (QED) is 0.171. The third-order valence-electron chi connectivity index (χ3n) is 5.07. The molecule has 29 heavy (non-hydrogen) atoms. The largest absolute Gasteiger partial charge is 1.00 e. The molecule has 0 aromatic heterocycles. The standard InChI is InChI=1S/C18H31F9N.HI/c1-4-7-11-28(12-8-5-2,13-9-6-3)14-10-15(19,20)16(21,22)17(23,24)18(25,26)27;/h4-14H2,1-3H3;1H/q+1;/p-1. The molecule has 0 unspecified atom stereocenters. The molecule has 0 fully saturated rings. The molecule has 0 radical (unpaired) electrons. The number of unbranched alkanes of at least 4 members (excludes halogenated alkanes) is 3. The van der Waals surface area contributed by atoms with Crippen LogP contribution in [0.25, 0.3) is 0 Å². The van der Waals surface area contributed by atoms with Crippen LogP contribution in [0.4, 0.5) is 39.5 Å². The van der Waals surface area contributed by atoms with Gasteiger partial charge in [-0.25, -0.2) is 0 Å². The van der Waals surface area contributed by atoms with Crippen molar-refractivity contribution in [1.29, 1.82) is 0 Å². The summed E-state index contributed by atoms with van der Waals surface area (Å²) in [7, 11) is 0. The topological polar surface area (TPSA) is 0 Å². The van der Waals surface area contributed by atoms with E-state index in [0.29, 0.717) is 38.9 Å². The van der Waals surface area contributed by atoms with Gasteiger partial charge in [0.1, 0.15) is 0 Å². The second-order valence-electron chi connectivity index (χ2n) is 7.40.